The van der Waals surface area contributed by atoms with Gasteiger partial charge in [0.15, 0.2) is 0 Å². The Balaban J connectivity index is 2.26. The predicted octanol–water partition coefficient (Wildman–Crippen LogP) is 2.24. The van der Waals surface area contributed by atoms with Crippen LogP contribution in [0.15, 0.2) is 34.9 Å². The van der Waals surface area contributed by atoms with Crippen LogP contribution in [-0.4, -0.2) is 28.2 Å². The van der Waals surface area contributed by atoms with Gasteiger partial charge in [-0.15, -0.1) is 0 Å². The molecule has 1 amide bonds. The van der Waals surface area contributed by atoms with E-state index in [1.54, 1.807) is 13.8 Å². The molecule has 0 spiro atoms. The van der Waals surface area contributed by atoms with E-state index in [0.717, 1.165) is 5.56 Å². The van der Waals surface area contributed by atoms with Crippen molar-refractivity contribution in [3.63, 3.8) is 0 Å². The van der Waals surface area contributed by atoms with Gasteiger partial charge in [0.25, 0.3) is 5.91 Å². The molecule has 6 heteroatoms. The minimum Gasteiger partial charge on any atom is -0.481 e. The molecule has 1 aromatic heterocycles. The molecular formula is C15H16N2O4. The van der Waals surface area contributed by atoms with Crippen molar-refractivity contribution in [3.8, 4) is 11.3 Å². The first-order valence-electron chi connectivity index (χ1n) is 6.53. The van der Waals surface area contributed by atoms with Gasteiger partial charge in [0.2, 0.25) is 0 Å². The number of nitrogens with zero attached hydrogens (tertiary/aromatic N) is 1. The lowest BCUT2D eigenvalue weighted by Gasteiger charge is -2.11. The maximum atomic E-state index is 12.3. The Bertz CT molecular complexity index is 649. The number of aryl methyl sites for hydroxylation is 1. The average molecular weight is 288 g/mol. The largest absolute Gasteiger partial charge is 0.481 e. The Morgan fingerprint density at radius 3 is 2.62 bits per heavy atom. The van der Waals surface area contributed by atoms with Crippen LogP contribution in [0.5, 0.6) is 0 Å². The van der Waals surface area contributed by atoms with Crippen molar-refractivity contribution < 1.29 is 19.2 Å². The van der Waals surface area contributed by atoms with Crippen LogP contribution in [0.1, 0.15) is 29.5 Å². The van der Waals surface area contributed by atoms with Crippen LogP contribution in [0.25, 0.3) is 11.3 Å². The minimum absolute atomic E-state index is 0.142. The SMILES string of the molecule is Cc1onc(-c2ccccc2)c1C(=O)N[C@H](C)CC(=O)O. The van der Waals surface area contributed by atoms with Gasteiger partial charge in [0.05, 0.1) is 6.42 Å². The zero-order valence-corrected chi connectivity index (χ0v) is 11.8. The van der Waals surface area contributed by atoms with Gasteiger partial charge in [-0.25, -0.2) is 0 Å². The van der Waals surface area contributed by atoms with E-state index in [1.807, 2.05) is 30.3 Å². The number of aromatic nitrogens is 1. The number of hydrogen-bond acceptors (Lipinski definition) is 4. The van der Waals surface area contributed by atoms with Crippen molar-refractivity contribution in [3.05, 3.63) is 41.7 Å². The highest BCUT2D eigenvalue weighted by molar-refractivity contribution is 6.01. The highest BCUT2D eigenvalue weighted by Gasteiger charge is 2.23. The number of amides is 1. The van der Waals surface area contributed by atoms with Gasteiger partial charge in [-0.1, -0.05) is 35.5 Å². The van der Waals surface area contributed by atoms with Crippen LogP contribution in [0, 0.1) is 6.92 Å². The molecule has 1 atom stereocenters. The number of rotatable bonds is 5. The van der Waals surface area contributed by atoms with E-state index in [9.17, 15) is 9.59 Å². The molecule has 1 aromatic carbocycles. The molecule has 0 aliphatic rings. The standard InChI is InChI=1S/C15H16N2O4/c1-9(8-12(18)19)16-15(20)13-10(2)21-17-14(13)11-6-4-3-5-7-11/h3-7,9H,8H2,1-2H3,(H,16,20)(H,18,19)/t9-/m1/s1. The van der Waals surface area contributed by atoms with Gasteiger partial charge >= 0.3 is 5.97 Å². The van der Waals surface area contributed by atoms with E-state index in [4.69, 9.17) is 9.63 Å². The van der Waals surface area contributed by atoms with Gasteiger partial charge in [0.1, 0.15) is 17.0 Å². The van der Waals surface area contributed by atoms with Crippen molar-refractivity contribution in [2.24, 2.45) is 0 Å². The first-order valence-corrected chi connectivity index (χ1v) is 6.53. The third-order valence-electron chi connectivity index (χ3n) is 3.00. The first kappa shape index (κ1) is 14.8. The Kier molecular flexibility index (Phi) is 4.37. The molecule has 0 bridgehead atoms. The number of nitrogens with one attached hydrogen (secondary N) is 1. The zero-order chi connectivity index (χ0) is 15.4. The lowest BCUT2D eigenvalue weighted by atomic mass is 10.1. The number of carboxylic acid groups (broad SMARTS) is 1. The van der Waals surface area contributed by atoms with Crippen molar-refractivity contribution in [1.82, 2.24) is 10.5 Å². The third-order valence-corrected chi connectivity index (χ3v) is 3.00. The summed E-state index contributed by atoms with van der Waals surface area (Å²) in [7, 11) is 0. The Hall–Kier alpha value is -2.63. The monoisotopic (exact) mass is 288 g/mol. The highest BCUT2D eigenvalue weighted by Crippen LogP contribution is 2.24. The van der Waals surface area contributed by atoms with Gasteiger partial charge in [0, 0.05) is 11.6 Å². The van der Waals surface area contributed by atoms with Crippen molar-refractivity contribution in [1.29, 1.82) is 0 Å². The zero-order valence-electron chi connectivity index (χ0n) is 11.8. The summed E-state index contributed by atoms with van der Waals surface area (Å²) < 4.78 is 5.11. The van der Waals surface area contributed by atoms with Crippen molar-refractivity contribution >= 4 is 11.9 Å². The number of carbonyl (C=O) groups excluding carboxylic acids is 1. The molecule has 0 unspecified atom stereocenters. The topological polar surface area (TPSA) is 92.4 Å². The Labute approximate surface area is 121 Å². The maximum absolute atomic E-state index is 12.3. The molecule has 0 aliphatic carbocycles. The van der Waals surface area contributed by atoms with Crippen LogP contribution in [0.2, 0.25) is 0 Å². The third kappa shape index (κ3) is 3.47. The molecule has 0 fully saturated rings. The molecule has 21 heavy (non-hydrogen) atoms. The summed E-state index contributed by atoms with van der Waals surface area (Å²) in [6.07, 6.45) is -0.142. The van der Waals surface area contributed by atoms with Crippen LogP contribution < -0.4 is 5.32 Å². The minimum atomic E-state index is -0.965. The fourth-order valence-corrected chi connectivity index (χ4v) is 2.04. The second-order valence-electron chi connectivity index (χ2n) is 4.80. The second-order valence-corrected chi connectivity index (χ2v) is 4.80. The molecule has 110 valence electrons. The van der Waals surface area contributed by atoms with Crippen LogP contribution in [0.4, 0.5) is 0 Å². The number of benzene rings is 1. The van der Waals surface area contributed by atoms with Gasteiger partial charge in [-0.3, -0.25) is 9.59 Å². The average Bonchev–Trinajstić information content (AvgIpc) is 2.80. The molecule has 6 nitrogen and oxygen atoms in total. The van der Waals surface area contributed by atoms with Gasteiger partial charge in [-0.2, -0.15) is 0 Å². The van der Waals surface area contributed by atoms with E-state index in [1.165, 1.54) is 0 Å². The highest BCUT2D eigenvalue weighted by atomic mass is 16.5. The van der Waals surface area contributed by atoms with E-state index in [0.29, 0.717) is 17.0 Å². The van der Waals surface area contributed by atoms with Gasteiger partial charge < -0.3 is 14.9 Å². The van der Waals surface area contributed by atoms with Crippen LogP contribution in [0.3, 0.4) is 0 Å². The van der Waals surface area contributed by atoms with Gasteiger partial charge in [-0.05, 0) is 13.8 Å². The summed E-state index contributed by atoms with van der Waals surface area (Å²) in [5.41, 5.74) is 1.55. The summed E-state index contributed by atoms with van der Waals surface area (Å²) >= 11 is 0. The fraction of sp³-hybridized carbons (Fsp3) is 0.267. The van der Waals surface area contributed by atoms with Crippen molar-refractivity contribution in [2.45, 2.75) is 26.3 Å². The quantitative estimate of drug-likeness (QED) is 0.880. The normalized spacial score (nSPS) is 11.9. The molecule has 0 radical (unpaired) electrons. The number of hydrogen-bond donors (Lipinski definition) is 2. The number of carboxylic acids is 1. The number of carbonyl (C=O) groups is 2. The second kappa shape index (κ2) is 6.21. The van der Waals surface area contributed by atoms with E-state index in [-0.39, 0.29) is 12.3 Å². The molecule has 0 saturated heterocycles. The first-order chi connectivity index (χ1) is 9.99. The Morgan fingerprint density at radius 2 is 2.00 bits per heavy atom. The van der Waals surface area contributed by atoms with Crippen LogP contribution in [-0.2, 0) is 4.79 Å². The number of aliphatic carboxylic acids is 1. The Morgan fingerprint density at radius 1 is 1.33 bits per heavy atom. The molecule has 2 rings (SSSR count). The predicted molar refractivity (Wildman–Crippen MR) is 75.9 cm³/mol. The summed E-state index contributed by atoms with van der Waals surface area (Å²) in [4.78, 5) is 23.0. The molecule has 1 heterocycles. The van der Waals surface area contributed by atoms with Crippen molar-refractivity contribution in [2.75, 3.05) is 0 Å². The lowest BCUT2D eigenvalue weighted by molar-refractivity contribution is -0.137. The molecular weight excluding hydrogens is 272 g/mol. The molecule has 0 saturated carbocycles. The molecule has 2 aromatic rings. The van der Waals surface area contributed by atoms with E-state index < -0.39 is 12.0 Å². The fourth-order valence-electron chi connectivity index (χ4n) is 2.04. The smallest absolute Gasteiger partial charge is 0.305 e. The van der Waals surface area contributed by atoms with Crippen LogP contribution >= 0.6 is 0 Å². The lowest BCUT2D eigenvalue weighted by Crippen LogP contribution is -2.34. The van der Waals surface area contributed by atoms with E-state index in [2.05, 4.69) is 10.5 Å². The summed E-state index contributed by atoms with van der Waals surface area (Å²) in [6, 6.07) is 8.73. The van der Waals surface area contributed by atoms with E-state index >= 15 is 0 Å². The molecule has 2 N–H and O–H groups in total. The summed E-state index contributed by atoms with van der Waals surface area (Å²) in [5.74, 6) is -0.955. The molecule has 0 aliphatic heterocycles. The summed E-state index contributed by atoms with van der Waals surface area (Å²) in [5, 5.41) is 15.3. The maximum Gasteiger partial charge on any atom is 0.305 e. The summed E-state index contributed by atoms with van der Waals surface area (Å²) in [6.45, 7) is 3.28.